The number of aliphatic hydroxyl groups excluding tert-OH is 6. The number of nitrogens with zero attached hydrogens (tertiary/aromatic N) is 6. The number of benzene rings is 1. The van der Waals surface area contributed by atoms with Gasteiger partial charge in [0, 0.05) is 43.9 Å². The molecule has 422 valence electrons. The van der Waals surface area contributed by atoms with Crippen LogP contribution in [0.1, 0.15) is 169 Å². The number of aliphatic hydroxyl groups is 6. The van der Waals surface area contributed by atoms with Gasteiger partial charge in [-0.25, -0.2) is 10.2 Å². The van der Waals surface area contributed by atoms with E-state index in [9.17, 15) is 35.2 Å². The largest absolute Gasteiger partial charge is 0.393 e. The van der Waals surface area contributed by atoms with Crippen LogP contribution in [0.2, 0.25) is 0 Å². The summed E-state index contributed by atoms with van der Waals surface area (Å²) in [5.74, 6) is 3.87. The highest BCUT2D eigenvalue weighted by Crippen LogP contribution is 2.70. The van der Waals surface area contributed by atoms with Crippen LogP contribution in [0, 0.1) is 92.7 Å². The van der Waals surface area contributed by atoms with Crippen LogP contribution in [0.3, 0.4) is 0 Å². The first-order valence-electron chi connectivity index (χ1n) is 30.3. The van der Waals surface area contributed by atoms with Gasteiger partial charge in [-0.2, -0.15) is 0 Å². The van der Waals surface area contributed by atoms with Crippen LogP contribution in [-0.4, -0.2) is 97.3 Å². The molecule has 0 radical (unpaired) electrons. The van der Waals surface area contributed by atoms with Crippen molar-refractivity contribution in [1.82, 2.24) is 40.2 Å². The van der Waals surface area contributed by atoms with E-state index in [0.29, 0.717) is 89.0 Å². The molecule has 1 aromatic carbocycles. The topological polar surface area (TPSA) is 224 Å². The number of aryl methyl sites for hydroxylation is 2. The summed E-state index contributed by atoms with van der Waals surface area (Å²) in [7, 11) is -3.32. The lowest BCUT2D eigenvalue weighted by molar-refractivity contribution is -0.207. The maximum atomic E-state index is 14.8. The summed E-state index contributed by atoms with van der Waals surface area (Å²) >= 11 is 0. The molecule has 0 aliphatic heterocycles. The average Bonchev–Trinajstić information content (AvgIpc) is 4.24. The van der Waals surface area contributed by atoms with Gasteiger partial charge >= 0.3 is 0 Å². The molecule has 8 saturated carbocycles. The molecule has 2 heterocycles. The Labute approximate surface area is 453 Å². The molecule has 3 aromatic rings. The lowest BCUT2D eigenvalue weighted by Gasteiger charge is -2.63. The maximum Gasteiger partial charge on any atom is 0.241 e. The van der Waals surface area contributed by atoms with Gasteiger partial charge in [0.1, 0.15) is 0 Å². The molecule has 8 N–H and O–H groups in total. The van der Waals surface area contributed by atoms with Crippen LogP contribution >= 0.6 is 7.44 Å². The molecule has 2 aromatic heterocycles. The molecular formula is C60H95N8O7P. The fourth-order valence-corrected chi connectivity index (χ4v) is 22.0. The van der Waals surface area contributed by atoms with Crippen molar-refractivity contribution >= 4 is 12.7 Å². The van der Waals surface area contributed by atoms with Crippen LogP contribution < -0.4 is 15.5 Å². The van der Waals surface area contributed by atoms with Crippen molar-refractivity contribution in [3.05, 3.63) is 54.1 Å². The van der Waals surface area contributed by atoms with Crippen LogP contribution in [0.15, 0.2) is 42.7 Å². The third-order valence-corrected chi connectivity index (χ3v) is 26.6. The molecule has 8 fully saturated rings. The maximum absolute atomic E-state index is 14.8. The summed E-state index contributed by atoms with van der Waals surface area (Å²) in [6.07, 6.45) is 18.2. The second kappa shape index (κ2) is 21.4. The molecule has 0 spiro atoms. The number of nitrogens with one attached hydrogen (secondary N) is 2. The molecule has 8 aliphatic carbocycles. The summed E-state index contributed by atoms with van der Waals surface area (Å²) in [5, 5.41) is 93.8. The first kappa shape index (κ1) is 55.3. The first-order valence-corrected chi connectivity index (χ1v) is 32.0. The van der Waals surface area contributed by atoms with Gasteiger partial charge in [-0.1, -0.05) is 70.2 Å². The second-order valence-corrected chi connectivity index (χ2v) is 30.2. The summed E-state index contributed by atoms with van der Waals surface area (Å²) in [6, 6.07) is 9.45. The number of hydrogen-bond donors (Lipinski definition) is 8. The lowest BCUT2D eigenvalue weighted by atomic mass is 9.43. The number of aromatic nitrogens is 6. The van der Waals surface area contributed by atoms with E-state index in [1.165, 1.54) is 0 Å². The van der Waals surface area contributed by atoms with Gasteiger partial charge in [-0.05, 0) is 220 Å². The summed E-state index contributed by atoms with van der Waals surface area (Å²) in [4.78, 5) is 0. The Balaban J connectivity index is 0.651. The molecule has 22 atom stereocenters. The van der Waals surface area contributed by atoms with Gasteiger partial charge in [0.2, 0.25) is 7.44 Å². The van der Waals surface area contributed by atoms with Crippen LogP contribution in [-0.2, 0) is 30.7 Å². The Kier molecular flexibility index (Phi) is 15.6. The van der Waals surface area contributed by atoms with Gasteiger partial charge in [0.25, 0.3) is 0 Å². The zero-order valence-electron chi connectivity index (χ0n) is 46.7. The van der Waals surface area contributed by atoms with Crippen LogP contribution in [0.5, 0.6) is 0 Å². The van der Waals surface area contributed by atoms with Crippen LogP contribution in [0.25, 0.3) is 0 Å². The second-order valence-electron chi connectivity index (χ2n) is 27.9. The molecule has 8 aliphatic rings. The SMILES string of the molecule is C[C@H](CCCn1cc(CNP(=O)(NCc2cn(CCC[C@@H](C)[C@H]3CC[C@H]4[C@@H]5[C@H](O)C[C@@H]6C[C@H](O)CC[C@]6(C)[C@H]5C[C@H](O)[C@]34C)nn2)c2ccccc2)nn1)[C@H]1CC[C@H]2[C@@H]3[C@H](O)C[C@@H]4C[C@H](O)CC[C@]4(C)[C@H]3C[C@H](O)[C@]12C. The van der Waals surface area contributed by atoms with E-state index in [-0.39, 0.29) is 71.0 Å². The fourth-order valence-electron chi connectivity index (χ4n) is 20.1. The number of rotatable bonds is 17. The normalized spacial score (nSPS) is 44.4. The Morgan fingerprint density at radius 3 is 1.46 bits per heavy atom. The van der Waals surface area contributed by atoms with Gasteiger partial charge in [0.05, 0.1) is 48.0 Å². The zero-order valence-corrected chi connectivity index (χ0v) is 47.6. The third kappa shape index (κ3) is 9.66. The van der Waals surface area contributed by atoms with Gasteiger partial charge in [-0.15, -0.1) is 10.2 Å². The summed E-state index contributed by atoms with van der Waals surface area (Å²) in [6.45, 7) is 16.1. The van der Waals surface area contributed by atoms with Crippen molar-refractivity contribution < 1.29 is 35.2 Å². The van der Waals surface area contributed by atoms with Crippen molar-refractivity contribution in [2.75, 3.05) is 0 Å². The number of hydrogen-bond acceptors (Lipinski definition) is 11. The zero-order chi connectivity index (χ0) is 53.5. The summed E-state index contributed by atoms with van der Waals surface area (Å²) < 4.78 is 18.6. The average molecular weight is 1070 g/mol. The van der Waals surface area contributed by atoms with Gasteiger partial charge in [-0.3, -0.25) is 13.9 Å². The highest BCUT2D eigenvalue weighted by atomic mass is 31.2. The Morgan fingerprint density at radius 2 is 1.03 bits per heavy atom. The number of fused-ring (bicyclic) bond motifs is 10. The molecule has 0 unspecified atom stereocenters. The molecule has 0 amide bonds. The lowest BCUT2D eigenvalue weighted by Crippen LogP contribution is -2.62. The molecule has 0 bridgehead atoms. The highest BCUT2D eigenvalue weighted by Gasteiger charge is 2.67. The monoisotopic (exact) mass is 1070 g/mol. The van der Waals surface area contributed by atoms with E-state index in [1.54, 1.807) is 0 Å². The predicted molar refractivity (Wildman–Crippen MR) is 292 cm³/mol. The van der Waals surface area contributed by atoms with Gasteiger partial charge < -0.3 is 30.6 Å². The Bertz CT molecular complexity index is 2370. The first-order chi connectivity index (χ1) is 36.3. The fraction of sp³-hybridized carbons (Fsp3) is 0.833. The summed E-state index contributed by atoms with van der Waals surface area (Å²) in [5.41, 5.74) is 1.11. The Hall–Kier alpha value is -2.59. The van der Waals surface area contributed by atoms with Crippen molar-refractivity contribution in [3.63, 3.8) is 0 Å². The minimum atomic E-state index is -3.32. The van der Waals surface area contributed by atoms with Crippen LogP contribution in [0.4, 0.5) is 0 Å². The van der Waals surface area contributed by atoms with Crippen molar-refractivity contribution in [2.45, 2.75) is 220 Å². The molecule has 15 nitrogen and oxygen atoms in total. The van der Waals surface area contributed by atoms with Crippen molar-refractivity contribution in [3.8, 4) is 0 Å². The highest BCUT2D eigenvalue weighted by molar-refractivity contribution is 7.67. The quantitative estimate of drug-likeness (QED) is 0.0601. The van der Waals surface area contributed by atoms with Gasteiger partial charge in [0.15, 0.2) is 0 Å². The predicted octanol–water partition coefficient (Wildman–Crippen LogP) is 8.02. The molecule has 0 saturated heterocycles. The molecular weight excluding hydrogens is 976 g/mol. The molecule has 16 heteroatoms. The van der Waals surface area contributed by atoms with Crippen molar-refractivity contribution in [1.29, 1.82) is 0 Å². The minimum Gasteiger partial charge on any atom is -0.393 e. The van der Waals surface area contributed by atoms with E-state index in [1.807, 2.05) is 52.1 Å². The minimum absolute atomic E-state index is 0.0710. The molecule has 76 heavy (non-hydrogen) atoms. The van der Waals surface area contributed by atoms with Crippen molar-refractivity contribution in [2.24, 2.45) is 92.7 Å². The van der Waals surface area contributed by atoms with E-state index in [2.05, 4.69) is 72.3 Å². The standard InChI is InChI=1S/C60H95N8O7P/c1-36(45-16-18-47-55-49(30-53(73)59(45,47)5)57(3)22-20-42(69)26-38(57)28-51(55)71)12-10-24-67-34-40(63-65-67)32-61-76(75,44-14-8-7-9-15-44)62-33-41-35-68(66-64-41)25-11-13-37(2)46-17-19-48-56-50(31-54(74)60(46,48)6)58(4)23-21-43(70)27-39(58)29-52(56)72/h7-9,14-15,34-39,42-43,45-56,69-74H,10-13,16-33H2,1-6H3,(H2,61,62,75)/t36-,37-,38+,39+,42-,43-,45-,46-,47+,48+,49+,50+,51-,52-,53+,54+,55+,56+,57+,58+,59-,60-/m1/s1. The smallest absolute Gasteiger partial charge is 0.241 e. The third-order valence-electron chi connectivity index (χ3n) is 24.4. The van der Waals surface area contributed by atoms with E-state index >= 15 is 0 Å². The Morgan fingerprint density at radius 1 is 0.592 bits per heavy atom. The van der Waals surface area contributed by atoms with E-state index in [4.69, 9.17) is 0 Å². The molecule has 11 rings (SSSR count). The van der Waals surface area contributed by atoms with E-state index < -0.39 is 19.7 Å². The van der Waals surface area contributed by atoms with E-state index in [0.717, 1.165) is 116 Å².